The fourth-order valence-electron chi connectivity index (χ4n) is 4.38. The molecule has 1 unspecified atom stereocenters. The minimum Gasteiger partial charge on any atom is -0.497 e. The molecule has 0 aliphatic carbocycles. The van der Waals surface area contributed by atoms with Gasteiger partial charge in [-0.3, -0.25) is 9.59 Å². The number of methoxy groups -OCH3 is 1. The lowest BCUT2D eigenvalue weighted by Crippen LogP contribution is -2.32. The number of hydrogen-bond acceptors (Lipinski definition) is 3. The van der Waals surface area contributed by atoms with E-state index in [4.69, 9.17) is 4.74 Å². The Kier molecular flexibility index (Phi) is 5.11. The van der Waals surface area contributed by atoms with Crippen LogP contribution in [0.2, 0.25) is 0 Å². The molecular formula is C26H23N3O3. The zero-order valence-corrected chi connectivity index (χ0v) is 17.7. The third kappa shape index (κ3) is 3.50. The second-order valence-electron chi connectivity index (χ2n) is 7.80. The molecule has 5 rings (SSSR count). The first-order valence-electron chi connectivity index (χ1n) is 10.6. The number of aromatic amines is 1. The van der Waals surface area contributed by atoms with Crippen LogP contribution in [0.1, 0.15) is 33.9 Å². The number of hydrogen-bond donors (Lipinski definition) is 2. The van der Waals surface area contributed by atoms with Crippen LogP contribution < -0.4 is 10.1 Å². The van der Waals surface area contributed by atoms with Crippen LogP contribution >= 0.6 is 0 Å². The van der Waals surface area contributed by atoms with Crippen molar-refractivity contribution < 1.29 is 14.3 Å². The number of para-hydroxylation sites is 1. The van der Waals surface area contributed by atoms with E-state index in [1.165, 1.54) is 0 Å². The van der Waals surface area contributed by atoms with Crippen LogP contribution in [0.25, 0.3) is 10.9 Å². The zero-order chi connectivity index (χ0) is 22.1. The van der Waals surface area contributed by atoms with Crippen LogP contribution in [0.3, 0.4) is 0 Å². The van der Waals surface area contributed by atoms with Gasteiger partial charge in [-0.25, -0.2) is 0 Å². The largest absolute Gasteiger partial charge is 0.497 e. The molecule has 0 spiro atoms. The van der Waals surface area contributed by atoms with Gasteiger partial charge in [-0.2, -0.15) is 0 Å². The predicted octanol–water partition coefficient (Wildman–Crippen LogP) is 4.75. The maximum Gasteiger partial charge on any atom is 0.255 e. The summed E-state index contributed by atoms with van der Waals surface area (Å²) in [6, 6.07) is 22.7. The number of fused-ring (bicyclic) bond motifs is 2. The quantitative estimate of drug-likeness (QED) is 0.468. The number of carbonyl (C=O) groups excluding carboxylic acids is 2. The lowest BCUT2D eigenvalue weighted by atomic mass is 9.97. The Morgan fingerprint density at radius 3 is 2.56 bits per heavy atom. The number of anilines is 1. The highest BCUT2D eigenvalue weighted by Gasteiger charge is 2.38. The molecule has 1 aliphatic heterocycles. The molecule has 0 saturated heterocycles. The molecule has 2 N–H and O–H groups in total. The summed E-state index contributed by atoms with van der Waals surface area (Å²) in [5.74, 6) is 0.537. The molecule has 2 heterocycles. The first-order valence-corrected chi connectivity index (χ1v) is 10.6. The summed E-state index contributed by atoms with van der Waals surface area (Å²) >= 11 is 0. The molecule has 6 nitrogen and oxygen atoms in total. The van der Waals surface area contributed by atoms with Crippen LogP contribution in [0.4, 0.5) is 5.69 Å². The minimum atomic E-state index is -0.233. The fourth-order valence-corrected chi connectivity index (χ4v) is 4.38. The van der Waals surface area contributed by atoms with Crippen molar-refractivity contribution in [1.82, 2.24) is 9.88 Å². The Morgan fingerprint density at radius 1 is 1.00 bits per heavy atom. The second kappa shape index (κ2) is 8.23. The Bertz CT molecular complexity index is 1290. The van der Waals surface area contributed by atoms with Crippen molar-refractivity contribution >= 4 is 28.4 Å². The molecule has 1 atom stereocenters. The van der Waals surface area contributed by atoms with Crippen molar-refractivity contribution in [1.29, 1.82) is 0 Å². The van der Waals surface area contributed by atoms with Gasteiger partial charge in [0.15, 0.2) is 0 Å². The van der Waals surface area contributed by atoms with Gasteiger partial charge in [0.2, 0.25) is 5.91 Å². The summed E-state index contributed by atoms with van der Waals surface area (Å²) in [5, 5.41) is 3.97. The lowest BCUT2D eigenvalue weighted by molar-refractivity contribution is -0.116. The highest BCUT2D eigenvalue weighted by molar-refractivity contribution is 6.01. The number of nitrogens with one attached hydrogen (secondary N) is 2. The average Bonchev–Trinajstić information content (AvgIpc) is 3.37. The second-order valence-corrected chi connectivity index (χ2v) is 7.80. The Labute approximate surface area is 185 Å². The van der Waals surface area contributed by atoms with E-state index in [1.807, 2.05) is 48.7 Å². The zero-order valence-electron chi connectivity index (χ0n) is 17.7. The van der Waals surface area contributed by atoms with Gasteiger partial charge >= 0.3 is 0 Å². The molecule has 6 heteroatoms. The van der Waals surface area contributed by atoms with Crippen molar-refractivity contribution in [2.24, 2.45) is 0 Å². The van der Waals surface area contributed by atoms with Gasteiger partial charge < -0.3 is 19.9 Å². The molecule has 0 saturated carbocycles. The molecule has 4 aromatic rings. The molecular weight excluding hydrogens is 402 g/mol. The van der Waals surface area contributed by atoms with Gasteiger partial charge in [-0.05, 0) is 42.0 Å². The molecule has 0 fully saturated rings. The van der Waals surface area contributed by atoms with Gasteiger partial charge in [0, 0.05) is 46.9 Å². The molecule has 32 heavy (non-hydrogen) atoms. The van der Waals surface area contributed by atoms with Crippen LogP contribution in [-0.4, -0.2) is 35.4 Å². The lowest BCUT2D eigenvalue weighted by Gasteiger charge is -2.25. The van der Waals surface area contributed by atoms with Crippen LogP contribution in [0.5, 0.6) is 5.75 Å². The first-order chi connectivity index (χ1) is 15.7. The third-order valence-corrected chi connectivity index (χ3v) is 5.93. The number of ether oxygens (including phenoxy) is 1. The van der Waals surface area contributed by atoms with E-state index in [9.17, 15) is 9.59 Å². The SMILES string of the molecule is COc1ccc(NC(=O)CCN2C(=O)c3ccccc3C2c2c[nH]c3ccccc23)cc1. The molecule has 160 valence electrons. The summed E-state index contributed by atoms with van der Waals surface area (Å²) in [4.78, 5) is 31.0. The predicted molar refractivity (Wildman–Crippen MR) is 124 cm³/mol. The van der Waals surface area contributed by atoms with E-state index in [2.05, 4.69) is 16.4 Å². The first kappa shape index (κ1) is 19.9. The van der Waals surface area contributed by atoms with Crippen molar-refractivity contribution in [2.75, 3.05) is 19.0 Å². The normalized spacial score (nSPS) is 15.1. The van der Waals surface area contributed by atoms with E-state index in [0.29, 0.717) is 17.8 Å². The highest BCUT2D eigenvalue weighted by Crippen LogP contribution is 2.41. The summed E-state index contributed by atoms with van der Waals surface area (Å²) in [5.41, 5.74) is 4.42. The van der Waals surface area contributed by atoms with Gasteiger partial charge in [-0.15, -0.1) is 0 Å². The molecule has 2 amide bonds. The Morgan fingerprint density at radius 2 is 1.75 bits per heavy atom. The van der Waals surface area contributed by atoms with Crippen LogP contribution in [-0.2, 0) is 4.79 Å². The average molecular weight is 425 g/mol. The minimum absolute atomic E-state index is 0.0480. The van der Waals surface area contributed by atoms with Gasteiger partial charge in [0.05, 0.1) is 13.2 Å². The van der Waals surface area contributed by atoms with Crippen LogP contribution in [0, 0.1) is 0 Å². The van der Waals surface area contributed by atoms with Gasteiger partial charge in [0.25, 0.3) is 5.91 Å². The number of amides is 2. The number of benzene rings is 3. The topological polar surface area (TPSA) is 74.4 Å². The van der Waals surface area contributed by atoms with Crippen molar-refractivity contribution in [3.63, 3.8) is 0 Å². The highest BCUT2D eigenvalue weighted by atomic mass is 16.5. The molecule has 0 bridgehead atoms. The number of H-pyrrole nitrogens is 1. The van der Waals surface area contributed by atoms with Crippen LogP contribution in [0.15, 0.2) is 79.0 Å². The number of aromatic nitrogens is 1. The van der Waals surface area contributed by atoms with E-state index in [-0.39, 0.29) is 24.3 Å². The summed E-state index contributed by atoms with van der Waals surface area (Å²) in [7, 11) is 1.60. The molecule has 3 aromatic carbocycles. The van der Waals surface area contributed by atoms with E-state index in [0.717, 1.165) is 27.8 Å². The van der Waals surface area contributed by atoms with E-state index in [1.54, 1.807) is 36.3 Å². The van der Waals surface area contributed by atoms with E-state index < -0.39 is 0 Å². The molecule has 1 aromatic heterocycles. The van der Waals surface area contributed by atoms with Gasteiger partial charge in [-0.1, -0.05) is 36.4 Å². The Hall–Kier alpha value is -4.06. The van der Waals surface area contributed by atoms with Crippen molar-refractivity contribution in [2.45, 2.75) is 12.5 Å². The maximum absolute atomic E-state index is 13.2. The van der Waals surface area contributed by atoms with Crippen molar-refractivity contribution in [3.05, 3.63) is 95.7 Å². The maximum atomic E-state index is 13.2. The number of rotatable bonds is 6. The standard InChI is InChI=1S/C26H23N3O3/c1-32-18-12-10-17(11-13-18)28-24(30)14-15-29-25(20-7-2-3-8-21(20)26(29)31)22-16-27-23-9-5-4-6-19(22)23/h2-13,16,25,27H,14-15H2,1H3,(H,28,30). The van der Waals surface area contributed by atoms with E-state index >= 15 is 0 Å². The number of nitrogens with zero attached hydrogens (tertiary/aromatic N) is 1. The summed E-state index contributed by atoms with van der Waals surface area (Å²) in [6.07, 6.45) is 2.17. The van der Waals surface area contributed by atoms with Gasteiger partial charge in [0.1, 0.15) is 5.75 Å². The number of carbonyl (C=O) groups is 2. The third-order valence-electron chi connectivity index (χ3n) is 5.93. The monoisotopic (exact) mass is 425 g/mol. The smallest absolute Gasteiger partial charge is 0.255 e. The Balaban J connectivity index is 1.39. The fraction of sp³-hybridized carbons (Fsp3) is 0.154. The molecule has 0 radical (unpaired) electrons. The summed E-state index contributed by atoms with van der Waals surface area (Å²) in [6.45, 7) is 0.319. The summed E-state index contributed by atoms with van der Waals surface area (Å²) < 4.78 is 5.15. The van der Waals surface area contributed by atoms with Crippen molar-refractivity contribution in [3.8, 4) is 5.75 Å². The molecule has 1 aliphatic rings.